The van der Waals surface area contributed by atoms with Crippen molar-refractivity contribution in [2.45, 2.75) is 51.7 Å². The van der Waals surface area contributed by atoms with Crippen molar-refractivity contribution in [1.82, 2.24) is 15.2 Å². The van der Waals surface area contributed by atoms with E-state index in [4.69, 9.17) is 9.47 Å². The van der Waals surface area contributed by atoms with Gasteiger partial charge in [-0.3, -0.25) is 14.7 Å². The zero-order valence-corrected chi connectivity index (χ0v) is 21.4. The molecule has 0 bridgehead atoms. The Bertz CT molecular complexity index is 1290. The summed E-state index contributed by atoms with van der Waals surface area (Å²) in [5, 5.41) is 6.66. The van der Waals surface area contributed by atoms with Crippen LogP contribution in [0.5, 0.6) is 0 Å². The average molecular weight is 499 g/mol. The lowest BCUT2D eigenvalue weighted by atomic mass is 9.90. The number of piperidine rings is 1. The minimum absolute atomic E-state index is 0.0734. The summed E-state index contributed by atoms with van der Waals surface area (Å²) in [5.41, 5.74) is 8.00. The number of carbonyl (C=O) groups excluding carboxylic acids is 1. The first-order valence-electron chi connectivity index (χ1n) is 13.4. The van der Waals surface area contributed by atoms with Crippen molar-refractivity contribution in [3.63, 3.8) is 0 Å². The van der Waals surface area contributed by atoms with Crippen LogP contribution in [0.15, 0.2) is 65.8 Å². The van der Waals surface area contributed by atoms with Crippen LogP contribution in [0.2, 0.25) is 0 Å². The number of nitrogens with one attached hydrogen (secondary N) is 2. The number of aromatic nitrogens is 1. The van der Waals surface area contributed by atoms with Gasteiger partial charge in [0.2, 0.25) is 0 Å². The fourth-order valence-electron chi connectivity index (χ4n) is 5.68. The molecule has 0 radical (unpaired) electrons. The van der Waals surface area contributed by atoms with Crippen LogP contribution in [0.25, 0.3) is 16.7 Å². The molecule has 3 aliphatic heterocycles. The first kappa shape index (κ1) is 23.9. The Morgan fingerprint density at radius 1 is 1.14 bits per heavy atom. The quantitative estimate of drug-likeness (QED) is 0.585. The number of nitrogens with zero attached hydrogens (tertiary/aromatic N) is 2. The Morgan fingerprint density at radius 3 is 2.89 bits per heavy atom. The second kappa shape index (κ2) is 10.5. The molecule has 37 heavy (non-hydrogen) atoms. The van der Waals surface area contributed by atoms with Gasteiger partial charge >= 0.3 is 0 Å². The molecular weight excluding hydrogens is 464 g/mol. The molecule has 7 nitrogen and oxygen atoms in total. The molecule has 7 heteroatoms. The van der Waals surface area contributed by atoms with E-state index in [-0.39, 0.29) is 18.8 Å². The molecule has 1 aromatic carbocycles. The molecule has 1 aliphatic carbocycles. The van der Waals surface area contributed by atoms with Crippen molar-refractivity contribution in [2.75, 3.05) is 31.7 Å². The zero-order chi connectivity index (χ0) is 25.2. The predicted molar refractivity (Wildman–Crippen MR) is 144 cm³/mol. The normalized spacial score (nSPS) is 21.3. The molecule has 1 amide bonds. The maximum atomic E-state index is 13.7. The molecule has 0 spiro atoms. The van der Waals surface area contributed by atoms with Gasteiger partial charge in [-0.15, -0.1) is 0 Å². The third kappa shape index (κ3) is 5.06. The monoisotopic (exact) mass is 498 g/mol. The molecule has 2 N–H and O–H groups in total. The molecule has 1 aromatic heterocycles. The van der Waals surface area contributed by atoms with Crippen LogP contribution in [0, 0.1) is 0 Å². The van der Waals surface area contributed by atoms with Crippen LogP contribution in [-0.4, -0.2) is 48.3 Å². The fourth-order valence-corrected chi connectivity index (χ4v) is 5.68. The van der Waals surface area contributed by atoms with Gasteiger partial charge in [-0.05, 0) is 79.4 Å². The summed E-state index contributed by atoms with van der Waals surface area (Å²) >= 11 is 0. The van der Waals surface area contributed by atoms with E-state index in [9.17, 15) is 4.79 Å². The van der Waals surface area contributed by atoms with E-state index in [1.54, 1.807) is 0 Å². The number of hydrogen-bond acceptors (Lipinski definition) is 6. The number of carbonyl (C=O) groups is 1. The highest BCUT2D eigenvalue weighted by Crippen LogP contribution is 2.36. The summed E-state index contributed by atoms with van der Waals surface area (Å²) < 4.78 is 11.1. The van der Waals surface area contributed by atoms with Gasteiger partial charge in [0.1, 0.15) is 11.9 Å². The Kier molecular flexibility index (Phi) is 6.81. The topological polar surface area (TPSA) is 75.7 Å². The SMILES string of the molecule is CCC1=C(C(=O)NC2=CC=C3OCOC3C2)c2cc(-c3cncc(CN4CCCCC4)c3)ccc2NC1. The molecule has 4 aliphatic rings. The number of fused-ring (bicyclic) bond motifs is 2. The Balaban J connectivity index is 1.27. The predicted octanol–water partition coefficient (Wildman–Crippen LogP) is 4.98. The standard InChI is InChI=1S/C30H34N4O3/c1-2-21-17-32-26-8-6-22(23-12-20(15-31-16-23)18-34-10-4-3-5-11-34)13-25(26)29(21)30(35)33-24-7-9-27-28(14-24)37-19-36-27/h6-9,12-13,15-16,28,32H,2-5,10-11,14,17-19H2,1H3,(H,33,35). The first-order valence-corrected chi connectivity index (χ1v) is 13.4. The van der Waals surface area contributed by atoms with Crippen LogP contribution in [0.4, 0.5) is 5.69 Å². The van der Waals surface area contributed by atoms with Crippen LogP contribution >= 0.6 is 0 Å². The van der Waals surface area contributed by atoms with Crippen molar-refractivity contribution in [3.8, 4) is 11.1 Å². The Morgan fingerprint density at radius 2 is 2.03 bits per heavy atom. The Hall–Kier alpha value is -3.42. The molecule has 4 heterocycles. The van der Waals surface area contributed by atoms with Gasteiger partial charge in [0, 0.05) is 60.0 Å². The van der Waals surface area contributed by atoms with Crippen LogP contribution in [0.1, 0.15) is 50.2 Å². The first-order chi connectivity index (χ1) is 18.2. The summed E-state index contributed by atoms with van der Waals surface area (Å²) in [7, 11) is 0. The highest BCUT2D eigenvalue weighted by atomic mass is 16.7. The number of amides is 1. The minimum Gasteiger partial charge on any atom is -0.469 e. The van der Waals surface area contributed by atoms with Crippen molar-refractivity contribution in [3.05, 3.63) is 77.0 Å². The third-order valence-corrected chi connectivity index (χ3v) is 7.71. The lowest BCUT2D eigenvalue weighted by molar-refractivity contribution is -0.115. The smallest absolute Gasteiger partial charge is 0.256 e. The lowest BCUT2D eigenvalue weighted by Crippen LogP contribution is -2.30. The summed E-state index contributed by atoms with van der Waals surface area (Å²) in [5.74, 6) is 0.759. The van der Waals surface area contributed by atoms with Crippen LogP contribution in [-0.2, 0) is 20.8 Å². The number of ether oxygens (including phenoxy) is 2. The largest absolute Gasteiger partial charge is 0.469 e. The van der Waals surface area contributed by atoms with Crippen LogP contribution < -0.4 is 10.6 Å². The van der Waals surface area contributed by atoms with Gasteiger partial charge in [-0.25, -0.2) is 0 Å². The molecule has 6 rings (SSSR count). The number of hydrogen-bond donors (Lipinski definition) is 2. The summed E-state index contributed by atoms with van der Waals surface area (Å²) in [6, 6.07) is 8.58. The summed E-state index contributed by atoms with van der Waals surface area (Å²) in [6.45, 7) is 6.29. The van der Waals surface area contributed by atoms with E-state index >= 15 is 0 Å². The third-order valence-electron chi connectivity index (χ3n) is 7.71. The van der Waals surface area contributed by atoms with Gasteiger partial charge in [-0.1, -0.05) is 19.4 Å². The van der Waals surface area contributed by atoms with Crippen molar-refractivity contribution in [1.29, 1.82) is 0 Å². The highest BCUT2D eigenvalue weighted by Gasteiger charge is 2.29. The molecule has 2 saturated heterocycles. The van der Waals surface area contributed by atoms with Gasteiger partial charge in [-0.2, -0.15) is 0 Å². The highest BCUT2D eigenvalue weighted by molar-refractivity contribution is 6.23. The molecule has 2 fully saturated rings. The zero-order valence-electron chi connectivity index (χ0n) is 21.4. The van der Waals surface area contributed by atoms with Crippen LogP contribution in [0.3, 0.4) is 0 Å². The van der Waals surface area contributed by atoms with Gasteiger partial charge in [0.25, 0.3) is 5.91 Å². The number of benzene rings is 1. The fraction of sp³-hybridized carbons (Fsp3) is 0.400. The minimum atomic E-state index is -0.114. The average Bonchev–Trinajstić information content (AvgIpc) is 3.41. The Labute approximate surface area is 218 Å². The number of allylic oxidation sites excluding steroid dienone is 2. The molecule has 1 atom stereocenters. The number of pyridine rings is 1. The second-order valence-electron chi connectivity index (χ2n) is 10.2. The number of anilines is 1. The molecule has 192 valence electrons. The summed E-state index contributed by atoms with van der Waals surface area (Å²) in [4.78, 5) is 20.7. The lowest BCUT2D eigenvalue weighted by Gasteiger charge is -2.26. The van der Waals surface area contributed by atoms with Gasteiger partial charge in [0.15, 0.2) is 6.79 Å². The molecule has 1 unspecified atom stereocenters. The maximum Gasteiger partial charge on any atom is 0.256 e. The molecule has 2 aromatic rings. The van der Waals surface area contributed by atoms with Crippen molar-refractivity contribution >= 4 is 17.2 Å². The number of rotatable bonds is 6. The number of likely N-dealkylation sites (tertiary alicyclic amines) is 1. The van der Waals surface area contributed by atoms with Crippen molar-refractivity contribution < 1.29 is 14.3 Å². The van der Waals surface area contributed by atoms with E-state index in [0.717, 1.165) is 71.0 Å². The molecular formula is C30H34N4O3. The van der Waals surface area contributed by atoms with E-state index in [1.165, 1.54) is 24.8 Å². The van der Waals surface area contributed by atoms with Crippen molar-refractivity contribution in [2.24, 2.45) is 0 Å². The van der Waals surface area contributed by atoms with E-state index < -0.39 is 0 Å². The van der Waals surface area contributed by atoms with Gasteiger partial charge < -0.3 is 20.1 Å². The van der Waals surface area contributed by atoms with E-state index in [2.05, 4.69) is 51.7 Å². The van der Waals surface area contributed by atoms with E-state index in [0.29, 0.717) is 13.0 Å². The second-order valence-corrected chi connectivity index (χ2v) is 10.2. The molecule has 0 saturated carbocycles. The van der Waals surface area contributed by atoms with Gasteiger partial charge in [0.05, 0.1) is 0 Å². The maximum absolute atomic E-state index is 13.7. The summed E-state index contributed by atoms with van der Waals surface area (Å²) in [6.07, 6.45) is 12.9. The van der Waals surface area contributed by atoms with E-state index in [1.807, 2.05) is 24.5 Å².